The quantitative estimate of drug-likeness (QED) is 0.842. The Kier molecular flexibility index (Phi) is 5.44. The van der Waals surface area contributed by atoms with Crippen LogP contribution in [0.2, 0.25) is 0 Å². The molecule has 5 heteroatoms. The van der Waals surface area contributed by atoms with Gasteiger partial charge < -0.3 is 20.3 Å². The third kappa shape index (κ3) is 4.11. The molecule has 2 rings (SSSR count). The molecule has 0 aliphatic carbocycles. The molecule has 0 radical (unpaired) electrons. The van der Waals surface area contributed by atoms with Gasteiger partial charge in [0.1, 0.15) is 6.04 Å². The summed E-state index contributed by atoms with van der Waals surface area (Å²) in [6.07, 6.45) is 0. The van der Waals surface area contributed by atoms with Crippen molar-refractivity contribution in [2.75, 3.05) is 44.0 Å². The predicted molar refractivity (Wildman–Crippen MR) is 85.6 cm³/mol. The van der Waals surface area contributed by atoms with Crippen molar-refractivity contribution in [3.05, 3.63) is 24.3 Å². The molecule has 0 spiro atoms. The maximum absolute atomic E-state index is 12.7. The van der Waals surface area contributed by atoms with Gasteiger partial charge in [0.2, 0.25) is 5.91 Å². The van der Waals surface area contributed by atoms with E-state index in [-0.39, 0.29) is 11.9 Å². The Bertz CT molecular complexity index is 476. The second-order valence-corrected chi connectivity index (χ2v) is 5.79. The van der Waals surface area contributed by atoms with Crippen molar-refractivity contribution in [3.8, 4) is 0 Å². The molecule has 0 aromatic heterocycles. The van der Waals surface area contributed by atoms with E-state index in [2.05, 4.69) is 24.5 Å². The van der Waals surface area contributed by atoms with Crippen LogP contribution in [0.1, 0.15) is 13.8 Å². The van der Waals surface area contributed by atoms with Crippen LogP contribution in [-0.4, -0.2) is 50.2 Å². The zero-order valence-electron chi connectivity index (χ0n) is 13.1. The summed E-state index contributed by atoms with van der Waals surface area (Å²) in [5.41, 5.74) is 2.03. The lowest BCUT2D eigenvalue weighted by Gasteiger charge is -2.33. The van der Waals surface area contributed by atoms with E-state index < -0.39 is 0 Å². The number of nitrogens with zero attached hydrogens (tertiary/aromatic N) is 1. The summed E-state index contributed by atoms with van der Waals surface area (Å²) in [5.74, 6) is 0.567. The molecule has 1 aromatic rings. The van der Waals surface area contributed by atoms with Gasteiger partial charge in [-0.1, -0.05) is 26.0 Å². The zero-order valence-corrected chi connectivity index (χ0v) is 13.1. The second kappa shape index (κ2) is 7.31. The van der Waals surface area contributed by atoms with Gasteiger partial charge in [0.05, 0.1) is 18.0 Å². The van der Waals surface area contributed by atoms with Crippen LogP contribution in [0.3, 0.4) is 0 Å². The number of amides is 1. The smallest absolute Gasteiger partial charge is 0.246 e. The van der Waals surface area contributed by atoms with Crippen LogP contribution in [0.15, 0.2) is 24.3 Å². The lowest BCUT2D eigenvalue weighted by atomic mass is 10.1. The molecule has 21 heavy (non-hydrogen) atoms. The number of rotatable bonds is 6. The number of methoxy groups -OCH3 is 1. The van der Waals surface area contributed by atoms with E-state index in [0.29, 0.717) is 25.6 Å². The van der Waals surface area contributed by atoms with Gasteiger partial charge in [0.15, 0.2) is 0 Å². The Balaban J connectivity index is 2.03. The summed E-state index contributed by atoms with van der Waals surface area (Å²) in [5, 5.41) is 6.65. The topological polar surface area (TPSA) is 53.6 Å². The highest BCUT2D eigenvalue weighted by molar-refractivity contribution is 5.88. The van der Waals surface area contributed by atoms with Crippen molar-refractivity contribution in [2.45, 2.75) is 19.9 Å². The second-order valence-electron chi connectivity index (χ2n) is 5.79. The molecule has 0 saturated heterocycles. The van der Waals surface area contributed by atoms with Crippen molar-refractivity contribution < 1.29 is 9.53 Å². The first kappa shape index (κ1) is 15.6. The van der Waals surface area contributed by atoms with E-state index in [0.717, 1.165) is 17.9 Å². The standard InChI is InChI=1S/C16H25N3O2/c1-12(2)11-19(8-9-21-3)16(20)15-10-17-13-6-4-5-7-14(13)18-15/h4-7,12,15,17-18H,8-11H2,1-3H3. The molecule has 1 heterocycles. The van der Waals surface area contributed by atoms with E-state index >= 15 is 0 Å². The third-order valence-corrected chi connectivity index (χ3v) is 3.51. The Morgan fingerprint density at radius 2 is 2.10 bits per heavy atom. The van der Waals surface area contributed by atoms with Crippen LogP contribution < -0.4 is 10.6 Å². The predicted octanol–water partition coefficient (Wildman–Crippen LogP) is 2.02. The minimum absolute atomic E-state index is 0.128. The SMILES string of the molecule is COCCN(CC(C)C)C(=O)C1CNc2ccccc2N1. The van der Waals surface area contributed by atoms with Crippen molar-refractivity contribution in [3.63, 3.8) is 0 Å². The number of para-hydroxylation sites is 2. The van der Waals surface area contributed by atoms with Crippen molar-refractivity contribution in [1.29, 1.82) is 0 Å². The van der Waals surface area contributed by atoms with E-state index in [1.807, 2.05) is 29.2 Å². The maximum atomic E-state index is 12.7. The van der Waals surface area contributed by atoms with Crippen LogP contribution in [0.4, 0.5) is 11.4 Å². The number of anilines is 2. The zero-order chi connectivity index (χ0) is 15.2. The number of ether oxygens (including phenoxy) is 1. The minimum atomic E-state index is -0.226. The molecule has 1 atom stereocenters. The monoisotopic (exact) mass is 291 g/mol. The first-order chi connectivity index (χ1) is 10.1. The average molecular weight is 291 g/mol. The Labute approximate surface area is 126 Å². The Hall–Kier alpha value is -1.75. The van der Waals surface area contributed by atoms with Crippen molar-refractivity contribution >= 4 is 17.3 Å². The molecular formula is C16H25N3O2. The summed E-state index contributed by atoms with van der Waals surface area (Å²) < 4.78 is 5.12. The summed E-state index contributed by atoms with van der Waals surface area (Å²) in [6.45, 7) is 6.80. The Morgan fingerprint density at radius 1 is 1.38 bits per heavy atom. The normalized spacial score (nSPS) is 16.9. The number of benzene rings is 1. The van der Waals surface area contributed by atoms with Crippen LogP contribution in [0.5, 0.6) is 0 Å². The van der Waals surface area contributed by atoms with E-state index in [4.69, 9.17) is 4.74 Å². The van der Waals surface area contributed by atoms with E-state index in [9.17, 15) is 4.79 Å². The number of carbonyl (C=O) groups is 1. The van der Waals surface area contributed by atoms with Gasteiger partial charge in [0, 0.05) is 26.7 Å². The van der Waals surface area contributed by atoms with Gasteiger partial charge in [-0.2, -0.15) is 0 Å². The number of carbonyl (C=O) groups excluding carboxylic acids is 1. The fourth-order valence-corrected chi connectivity index (χ4v) is 2.52. The van der Waals surface area contributed by atoms with Crippen molar-refractivity contribution in [2.24, 2.45) is 5.92 Å². The lowest BCUT2D eigenvalue weighted by molar-refractivity contribution is -0.133. The average Bonchev–Trinajstić information content (AvgIpc) is 2.50. The maximum Gasteiger partial charge on any atom is 0.246 e. The van der Waals surface area contributed by atoms with Gasteiger partial charge >= 0.3 is 0 Å². The molecule has 1 aromatic carbocycles. The third-order valence-electron chi connectivity index (χ3n) is 3.51. The summed E-state index contributed by atoms with van der Waals surface area (Å²) >= 11 is 0. The largest absolute Gasteiger partial charge is 0.383 e. The molecule has 2 N–H and O–H groups in total. The molecule has 1 aliphatic rings. The number of hydrogen-bond acceptors (Lipinski definition) is 4. The van der Waals surface area contributed by atoms with Gasteiger partial charge in [-0.25, -0.2) is 0 Å². The van der Waals surface area contributed by atoms with Crippen LogP contribution >= 0.6 is 0 Å². The first-order valence-corrected chi connectivity index (χ1v) is 7.49. The lowest BCUT2D eigenvalue weighted by Crippen LogP contribution is -2.50. The molecule has 1 aliphatic heterocycles. The number of fused-ring (bicyclic) bond motifs is 1. The van der Waals surface area contributed by atoms with Gasteiger partial charge in [-0.15, -0.1) is 0 Å². The Morgan fingerprint density at radius 3 is 2.76 bits per heavy atom. The molecule has 0 saturated carbocycles. The summed E-state index contributed by atoms with van der Waals surface area (Å²) in [4.78, 5) is 14.6. The van der Waals surface area contributed by atoms with E-state index in [1.54, 1.807) is 7.11 Å². The van der Waals surface area contributed by atoms with Gasteiger partial charge in [0.25, 0.3) is 0 Å². The number of hydrogen-bond donors (Lipinski definition) is 2. The molecular weight excluding hydrogens is 266 g/mol. The fourth-order valence-electron chi connectivity index (χ4n) is 2.52. The van der Waals surface area contributed by atoms with Crippen LogP contribution in [-0.2, 0) is 9.53 Å². The highest BCUT2D eigenvalue weighted by Gasteiger charge is 2.27. The molecule has 116 valence electrons. The minimum Gasteiger partial charge on any atom is -0.383 e. The first-order valence-electron chi connectivity index (χ1n) is 7.49. The molecule has 1 amide bonds. The van der Waals surface area contributed by atoms with Gasteiger partial charge in [-0.3, -0.25) is 4.79 Å². The summed E-state index contributed by atoms with van der Waals surface area (Å²) in [6, 6.07) is 7.73. The van der Waals surface area contributed by atoms with E-state index in [1.165, 1.54) is 0 Å². The molecule has 5 nitrogen and oxygen atoms in total. The van der Waals surface area contributed by atoms with Gasteiger partial charge in [-0.05, 0) is 18.1 Å². The molecule has 0 bridgehead atoms. The highest BCUT2D eigenvalue weighted by Crippen LogP contribution is 2.25. The van der Waals surface area contributed by atoms with Crippen LogP contribution in [0.25, 0.3) is 0 Å². The van der Waals surface area contributed by atoms with Crippen molar-refractivity contribution in [1.82, 2.24) is 4.90 Å². The highest BCUT2D eigenvalue weighted by atomic mass is 16.5. The number of nitrogens with one attached hydrogen (secondary N) is 2. The van der Waals surface area contributed by atoms with Crippen LogP contribution in [0, 0.1) is 5.92 Å². The summed E-state index contributed by atoms with van der Waals surface area (Å²) in [7, 11) is 1.66. The molecule has 1 unspecified atom stereocenters. The molecule has 0 fully saturated rings. The fraction of sp³-hybridized carbons (Fsp3) is 0.562.